The summed E-state index contributed by atoms with van der Waals surface area (Å²) in [6.07, 6.45) is 3.70. The largest absolute Gasteiger partial charge is 0.445 e. The van der Waals surface area contributed by atoms with Gasteiger partial charge in [-0.1, -0.05) is 0 Å². The fourth-order valence-corrected chi connectivity index (χ4v) is 3.05. The molecule has 0 saturated heterocycles. The Labute approximate surface area is 128 Å². The molecule has 1 saturated carbocycles. The average molecular weight is 304 g/mol. The minimum absolute atomic E-state index is 0.159. The van der Waals surface area contributed by atoms with Crippen LogP contribution < -0.4 is 5.32 Å². The summed E-state index contributed by atoms with van der Waals surface area (Å²) >= 11 is 0. The van der Waals surface area contributed by atoms with Gasteiger partial charge >= 0.3 is 0 Å². The lowest BCUT2D eigenvalue weighted by Gasteiger charge is -2.12. The molecule has 7 nitrogen and oxygen atoms in total. The summed E-state index contributed by atoms with van der Waals surface area (Å²) in [4.78, 5) is 16.4. The van der Waals surface area contributed by atoms with Crippen molar-refractivity contribution in [2.45, 2.75) is 52.5 Å². The van der Waals surface area contributed by atoms with Crippen molar-refractivity contribution in [1.29, 1.82) is 0 Å². The normalized spacial score (nSPS) is 21.2. The van der Waals surface area contributed by atoms with E-state index in [2.05, 4.69) is 20.5 Å². The maximum absolute atomic E-state index is 12.2. The van der Waals surface area contributed by atoms with Gasteiger partial charge in [-0.2, -0.15) is 0 Å². The third-order valence-corrected chi connectivity index (χ3v) is 4.03. The predicted molar refractivity (Wildman–Crippen MR) is 77.3 cm³/mol. The molecule has 0 unspecified atom stereocenters. The Morgan fingerprint density at radius 2 is 2.00 bits per heavy atom. The minimum Gasteiger partial charge on any atom is -0.445 e. The Morgan fingerprint density at radius 3 is 2.64 bits per heavy atom. The molecule has 3 rings (SSSR count). The van der Waals surface area contributed by atoms with Gasteiger partial charge in [0.15, 0.2) is 11.6 Å². The molecule has 0 aromatic carbocycles. The number of carbonyl (C=O) groups is 1. The van der Waals surface area contributed by atoms with E-state index in [4.69, 9.17) is 8.83 Å². The number of nitrogens with one attached hydrogen (secondary N) is 1. The van der Waals surface area contributed by atoms with Crippen LogP contribution in [0, 0.1) is 26.7 Å². The second kappa shape index (κ2) is 5.90. The lowest BCUT2D eigenvalue weighted by atomic mass is 10.0. The van der Waals surface area contributed by atoms with Crippen LogP contribution in [0.1, 0.15) is 53.2 Å². The highest BCUT2D eigenvalue weighted by molar-refractivity contribution is 5.93. The van der Waals surface area contributed by atoms with Crippen LogP contribution in [0.25, 0.3) is 0 Å². The van der Waals surface area contributed by atoms with Crippen molar-refractivity contribution in [3.8, 4) is 0 Å². The van der Waals surface area contributed by atoms with E-state index in [0.29, 0.717) is 35.0 Å². The van der Waals surface area contributed by atoms with Crippen molar-refractivity contribution in [2.24, 2.45) is 5.92 Å². The molecule has 22 heavy (non-hydrogen) atoms. The van der Waals surface area contributed by atoms with Crippen LogP contribution in [0.4, 0.5) is 0 Å². The molecule has 2 heterocycles. The summed E-state index contributed by atoms with van der Waals surface area (Å²) in [5, 5.41) is 10.9. The highest BCUT2D eigenvalue weighted by Crippen LogP contribution is 2.28. The quantitative estimate of drug-likeness (QED) is 0.929. The van der Waals surface area contributed by atoms with E-state index < -0.39 is 0 Å². The summed E-state index contributed by atoms with van der Waals surface area (Å²) < 4.78 is 10.7. The van der Waals surface area contributed by atoms with Crippen molar-refractivity contribution in [2.75, 3.05) is 0 Å². The maximum atomic E-state index is 12.2. The number of aryl methyl sites for hydroxylation is 3. The molecule has 2 aromatic heterocycles. The molecule has 0 bridgehead atoms. The van der Waals surface area contributed by atoms with Crippen molar-refractivity contribution in [3.63, 3.8) is 0 Å². The van der Waals surface area contributed by atoms with Crippen LogP contribution in [0.3, 0.4) is 0 Å². The molecular weight excluding hydrogens is 284 g/mol. The first-order valence-electron chi connectivity index (χ1n) is 7.55. The molecule has 1 N–H and O–H groups in total. The van der Waals surface area contributed by atoms with E-state index in [0.717, 1.165) is 25.7 Å². The minimum atomic E-state index is -0.159. The highest BCUT2D eigenvalue weighted by Gasteiger charge is 2.28. The van der Waals surface area contributed by atoms with Gasteiger partial charge in [0, 0.05) is 26.3 Å². The first kappa shape index (κ1) is 14.7. The van der Waals surface area contributed by atoms with E-state index in [1.807, 2.05) is 0 Å². The topological polar surface area (TPSA) is 94.1 Å². The fraction of sp³-hybridized carbons (Fsp3) is 0.600. The number of nitrogens with zero attached hydrogens (tertiary/aromatic N) is 3. The van der Waals surface area contributed by atoms with Crippen LogP contribution in [-0.4, -0.2) is 27.1 Å². The molecule has 7 heteroatoms. The molecule has 1 amide bonds. The second-order valence-electron chi connectivity index (χ2n) is 5.91. The average Bonchev–Trinajstić information content (AvgIpc) is 3.13. The Bertz CT molecular complexity index is 676. The van der Waals surface area contributed by atoms with E-state index in [9.17, 15) is 4.79 Å². The van der Waals surface area contributed by atoms with Gasteiger partial charge in [-0.15, -0.1) is 10.2 Å². The Kier molecular flexibility index (Phi) is 3.96. The van der Waals surface area contributed by atoms with Gasteiger partial charge in [0.2, 0.25) is 11.8 Å². The molecule has 0 radical (unpaired) electrons. The molecule has 0 spiro atoms. The summed E-state index contributed by atoms with van der Waals surface area (Å²) in [5.41, 5.74) is 0.383. The number of amides is 1. The Balaban J connectivity index is 1.54. The van der Waals surface area contributed by atoms with Gasteiger partial charge in [-0.3, -0.25) is 4.79 Å². The number of hydrogen-bond donors (Lipinski definition) is 1. The van der Waals surface area contributed by atoms with Gasteiger partial charge < -0.3 is 14.2 Å². The maximum Gasteiger partial charge on any atom is 0.273 e. The third kappa shape index (κ3) is 3.18. The van der Waals surface area contributed by atoms with Crippen molar-refractivity contribution >= 4 is 5.91 Å². The van der Waals surface area contributed by atoms with Crippen LogP contribution in [0.5, 0.6) is 0 Å². The number of hydrogen-bond acceptors (Lipinski definition) is 6. The lowest BCUT2D eigenvalue weighted by Crippen LogP contribution is -2.33. The highest BCUT2D eigenvalue weighted by atomic mass is 16.4. The van der Waals surface area contributed by atoms with Crippen molar-refractivity contribution in [3.05, 3.63) is 29.1 Å². The van der Waals surface area contributed by atoms with Gasteiger partial charge in [0.1, 0.15) is 5.76 Å². The molecule has 0 aliphatic heterocycles. The molecule has 118 valence electrons. The molecular formula is C15H20N4O3. The summed E-state index contributed by atoms with van der Waals surface area (Å²) in [5.74, 6) is 2.65. The number of oxazole rings is 1. The summed E-state index contributed by atoms with van der Waals surface area (Å²) in [6, 6.07) is 0.165. The lowest BCUT2D eigenvalue weighted by molar-refractivity contribution is 0.0931. The first-order chi connectivity index (χ1) is 10.5. The van der Waals surface area contributed by atoms with Gasteiger partial charge in [-0.25, -0.2) is 4.98 Å². The molecule has 1 fully saturated rings. The van der Waals surface area contributed by atoms with Crippen LogP contribution in [0.2, 0.25) is 0 Å². The van der Waals surface area contributed by atoms with E-state index >= 15 is 0 Å². The summed E-state index contributed by atoms with van der Waals surface area (Å²) in [6.45, 7) is 5.28. The van der Waals surface area contributed by atoms with Crippen LogP contribution in [-0.2, 0) is 6.42 Å². The number of carbonyl (C=O) groups excluding carboxylic acids is 1. The monoisotopic (exact) mass is 304 g/mol. The smallest absolute Gasteiger partial charge is 0.273 e. The van der Waals surface area contributed by atoms with Crippen LogP contribution >= 0.6 is 0 Å². The number of aromatic nitrogens is 3. The zero-order valence-corrected chi connectivity index (χ0v) is 13.0. The van der Waals surface area contributed by atoms with E-state index in [1.165, 1.54) is 0 Å². The van der Waals surface area contributed by atoms with Gasteiger partial charge in [0.25, 0.3) is 5.91 Å². The third-order valence-electron chi connectivity index (χ3n) is 4.03. The van der Waals surface area contributed by atoms with E-state index in [-0.39, 0.29) is 11.9 Å². The Hall–Kier alpha value is -2.18. The molecule has 1 aliphatic carbocycles. The SMILES string of the molecule is Cc1nnc(C[C@@H]2CC[C@H](NC(=O)c3nc(C)oc3C)C2)o1. The first-order valence-corrected chi connectivity index (χ1v) is 7.55. The van der Waals surface area contributed by atoms with Crippen molar-refractivity contribution < 1.29 is 13.6 Å². The zero-order valence-electron chi connectivity index (χ0n) is 13.0. The van der Waals surface area contributed by atoms with E-state index in [1.54, 1.807) is 20.8 Å². The fourth-order valence-electron chi connectivity index (χ4n) is 3.05. The molecule has 1 aliphatic rings. The second-order valence-corrected chi connectivity index (χ2v) is 5.91. The summed E-state index contributed by atoms with van der Waals surface area (Å²) in [7, 11) is 0. The molecule has 2 atom stereocenters. The van der Waals surface area contributed by atoms with Crippen LogP contribution in [0.15, 0.2) is 8.83 Å². The number of rotatable bonds is 4. The van der Waals surface area contributed by atoms with Crippen molar-refractivity contribution in [1.82, 2.24) is 20.5 Å². The van der Waals surface area contributed by atoms with Gasteiger partial charge in [-0.05, 0) is 32.1 Å². The predicted octanol–water partition coefficient (Wildman–Crippen LogP) is 2.12. The standard InChI is InChI=1S/C15H20N4O3/c1-8-14(16-9(2)21-8)15(20)17-12-5-4-11(6-12)7-13-19-18-10(3)22-13/h11-12H,4-7H2,1-3H3,(H,17,20)/t11-,12+/m1/s1. The Morgan fingerprint density at radius 1 is 1.18 bits per heavy atom. The zero-order chi connectivity index (χ0) is 15.7. The van der Waals surface area contributed by atoms with Gasteiger partial charge in [0.05, 0.1) is 0 Å². The molecule has 2 aromatic rings.